The van der Waals surface area contributed by atoms with Gasteiger partial charge in [-0.25, -0.2) is 0 Å². The predicted octanol–water partition coefficient (Wildman–Crippen LogP) is 3.28. The Morgan fingerprint density at radius 2 is 2.04 bits per heavy atom. The lowest BCUT2D eigenvalue weighted by Gasteiger charge is -2.23. The van der Waals surface area contributed by atoms with Gasteiger partial charge in [-0.3, -0.25) is 0 Å². The van der Waals surface area contributed by atoms with Gasteiger partial charge < -0.3 is 19.7 Å². The fourth-order valence-corrected chi connectivity index (χ4v) is 2.05. The van der Waals surface area contributed by atoms with Gasteiger partial charge in [-0.15, -0.1) is 0 Å². The van der Waals surface area contributed by atoms with Crippen LogP contribution in [0.5, 0.6) is 5.75 Å². The first-order valence-corrected chi connectivity index (χ1v) is 8.10. The molecule has 5 nitrogen and oxygen atoms in total. The van der Waals surface area contributed by atoms with E-state index in [0.29, 0.717) is 12.3 Å². The van der Waals surface area contributed by atoms with E-state index in [-0.39, 0.29) is 12.1 Å². The molecule has 2 aromatic rings. The van der Waals surface area contributed by atoms with Gasteiger partial charge in [-0.2, -0.15) is 0 Å². The van der Waals surface area contributed by atoms with Crippen molar-refractivity contribution >= 4 is 12.2 Å². The molecule has 0 aliphatic carbocycles. The number of β-amino-alcohol motifs (C(OH)–C–C–N with tert-alkyl or cyclic N) is 1. The van der Waals surface area contributed by atoms with E-state index >= 15 is 0 Å². The fraction of sp³-hybridized carbons (Fsp3) is 0.421. The molecule has 0 amide bonds. The second-order valence-electron chi connectivity index (χ2n) is 6.84. The monoisotopic (exact) mass is 330 g/mol. The molecular formula is C19H26N2O3. The Hall–Kier alpha value is -2.11. The number of aryl methyl sites for hydroxylation is 1. The standard InChI is InChI=1S/C19H26N2O3/c1-14-11-17(24-21-14)10-9-15-7-5-6-8-18(15)23-13-16(22)12-20-19(2,3)4/h5-11,16,20,22H,12-13H2,1-4H3/b10-9+. The van der Waals surface area contributed by atoms with Gasteiger partial charge in [0.15, 0.2) is 5.76 Å². The molecule has 1 aromatic carbocycles. The number of aliphatic hydroxyl groups excluding tert-OH is 1. The van der Waals surface area contributed by atoms with Crippen LogP contribution in [0, 0.1) is 6.92 Å². The van der Waals surface area contributed by atoms with Gasteiger partial charge in [0, 0.05) is 23.7 Å². The van der Waals surface area contributed by atoms with Crippen LogP contribution in [0.25, 0.3) is 12.2 Å². The van der Waals surface area contributed by atoms with E-state index in [1.165, 1.54) is 0 Å². The average Bonchev–Trinajstić information content (AvgIpc) is 2.94. The predicted molar refractivity (Wildman–Crippen MR) is 95.9 cm³/mol. The zero-order valence-corrected chi connectivity index (χ0v) is 14.7. The Bertz CT molecular complexity index is 671. The highest BCUT2D eigenvalue weighted by atomic mass is 16.5. The molecule has 0 aliphatic rings. The maximum atomic E-state index is 10.0. The van der Waals surface area contributed by atoms with Gasteiger partial charge >= 0.3 is 0 Å². The molecule has 0 saturated heterocycles. The van der Waals surface area contributed by atoms with Crippen molar-refractivity contribution in [2.75, 3.05) is 13.2 Å². The smallest absolute Gasteiger partial charge is 0.159 e. The van der Waals surface area contributed by atoms with Crippen molar-refractivity contribution in [1.29, 1.82) is 0 Å². The van der Waals surface area contributed by atoms with Crippen molar-refractivity contribution in [3.8, 4) is 5.75 Å². The maximum absolute atomic E-state index is 10.0. The molecule has 2 N–H and O–H groups in total. The van der Waals surface area contributed by atoms with Crippen LogP contribution in [0.1, 0.15) is 37.8 Å². The minimum absolute atomic E-state index is 0.0309. The zero-order valence-electron chi connectivity index (χ0n) is 14.7. The molecule has 1 aromatic heterocycles. The molecule has 0 spiro atoms. The highest BCUT2D eigenvalue weighted by Gasteiger charge is 2.13. The van der Waals surface area contributed by atoms with E-state index in [4.69, 9.17) is 9.26 Å². The fourth-order valence-electron chi connectivity index (χ4n) is 2.05. The molecule has 1 atom stereocenters. The first kappa shape index (κ1) is 18.2. The lowest BCUT2D eigenvalue weighted by molar-refractivity contribution is 0.0999. The van der Waals surface area contributed by atoms with Gasteiger partial charge in [-0.1, -0.05) is 23.4 Å². The lowest BCUT2D eigenvalue weighted by atomic mass is 10.1. The Morgan fingerprint density at radius 1 is 1.29 bits per heavy atom. The number of rotatable bonds is 7. The van der Waals surface area contributed by atoms with E-state index in [0.717, 1.165) is 17.0 Å². The second kappa shape index (κ2) is 8.13. The summed E-state index contributed by atoms with van der Waals surface area (Å²) in [6.45, 7) is 8.78. The highest BCUT2D eigenvalue weighted by molar-refractivity contribution is 5.70. The quantitative estimate of drug-likeness (QED) is 0.815. The number of aliphatic hydroxyl groups is 1. The van der Waals surface area contributed by atoms with E-state index in [9.17, 15) is 5.11 Å². The molecule has 5 heteroatoms. The summed E-state index contributed by atoms with van der Waals surface area (Å²) in [5, 5.41) is 17.2. The van der Waals surface area contributed by atoms with Crippen LogP contribution in [0.2, 0.25) is 0 Å². The summed E-state index contributed by atoms with van der Waals surface area (Å²) in [5.41, 5.74) is 1.73. The van der Waals surface area contributed by atoms with Crippen LogP contribution in [0.3, 0.4) is 0 Å². The number of nitrogens with one attached hydrogen (secondary N) is 1. The summed E-state index contributed by atoms with van der Waals surface area (Å²) < 4.78 is 10.9. The largest absolute Gasteiger partial charge is 0.490 e. The minimum Gasteiger partial charge on any atom is -0.490 e. The van der Waals surface area contributed by atoms with Crippen LogP contribution in [0.15, 0.2) is 34.9 Å². The third-order valence-electron chi connectivity index (χ3n) is 3.29. The summed E-state index contributed by atoms with van der Waals surface area (Å²) >= 11 is 0. The Labute approximate surface area is 143 Å². The van der Waals surface area contributed by atoms with Gasteiger partial charge in [0.1, 0.15) is 18.5 Å². The van der Waals surface area contributed by atoms with Crippen molar-refractivity contribution in [2.24, 2.45) is 0 Å². The van der Waals surface area contributed by atoms with Crippen molar-refractivity contribution < 1.29 is 14.4 Å². The van der Waals surface area contributed by atoms with Crippen LogP contribution in [-0.2, 0) is 0 Å². The van der Waals surface area contributed by atoms with Crippen molar-refractivity contribution in [2.45, 2.75) is 39.3 Å². The first-order chi connectivity index (χ1) is 11.3. The lowest BCUT2D eigenvalue weighted by Crippen LogP contribution is -2.42. The Kier molecular flexibility index (Phi) is 6.17. The van der Waals surface area contributed by atoms with Gasteiger partial charge in [0.05, 0.1) is 5.69 Å². The second-order valence-corrected chi connectivity index (χ2v) is 6.84. The van der Waals surface area contributed by atoms with E-state index in [2.05, 4.69) is 31.2 Å². The first-order valence-electron chi connectivity index (χ1n) is 8.10. The van der Waals surface area contributed by atoms with Crippen molar-refractivity contribution in [1.82, 2.24) is 10.5 Å². The van der Waals surface area contributed by atoms with Gasteiger partial charge in [0.25, 0.3) is 0 Å². The van der Waals surface area contributed by atoms with Crippen LogP contribution < -0.4 is 10.1 Å². The van der Waals surface area contributed by atoms with Crippen molar-refractivity contribution in [3.63, 3.8) is 0 Å². The van der Waals surface area contributed by atoms with E-state index in [1.54, 1.807) is 0 Å². The summed E-state index contributed by atoms with van der Waals surface area (Å²) in [6.07, 6.45) is 3.19. The number of ether oxygens (including phenoxy) is 1. The molecule has 0 saturated carbocycles. The van der Waals surface area contributed by atoms with Gasteiger partial charge in [0.2, 0.25) is 0 Å². The molecule has 0 bridgehead atoms. The normalized spacial score (nSPS) is 13.4. The minimum atomic E-state index is -0.571. The number of hydrogen-bond donors (Lipinski definition) is 2. The number of nitrogens with zero attached hydrogens (tertiary/aromatic N) is 1. The molecule has 0 radical (unpaired) electrons. The van der Waals surface area contributed by atoms with Crippen LogP contribution >= 0.6 is 0 Å². The zero-order chi connectivity index (χ0) is 17.6. The topological polar surface area (TPSA) is 67.5 Å². The number of para-hydroxylation sites is 1. The molecule has 1 heterocycles. The molecular weight excluding hydrogens is 304 g/mol. The average molecular weight is 330 g/mol. The number of hydrogen-bond acceptors (Lipinski definition) is 5. The molecule has 24 heavy (non-hydrogen) atoms. The third kappa shape index (κ3) is 6.18. The summed E-state index contributed by atoms with van der Waals surface area (Å²) in [7, 11) is 0. The maximum Gasteiger partial charge on any atom is 0.159 e. The van der Waals surface area contributed by atoms with Crippen molar-refractivity contribution in [3.05, 3.63) is 47.3 Å². The van der Waals surface area contributed by atoms with Crippen LogP contribution in [0.4, 0.5) is 0 Å². The molecule has 2 rings (SSSR count). The number of aromatic nitrogens is 1. The summed E-state index contributed by atoms with van der Waals surface area (Å²) in [6, 6.07) is 9.55. The SMILES string of the molecule is Cc1cc(/C=C/c2ccccc2OCC(O)CNC(C)(C)C)on1. The number of benzene rings is 1. The summed E-state index contributed by atoms with van der Waals surface area (Å²) in [5.74, 6) is 1.41. The molecule has 130 valence electrons. The Balaban J connectivity index is 1.95. The molecule has 0 fully saturated rings. The summed E-state index contributed by atoms with van der Waals surface area (Å²) in [4.78, 5) is 0. The van der Waals surface area contributed by atoms with E-state index < -0.39 is 6.10 Å². The third-order valence-corrected chi connectivity index (χ3v) is 3.29. The highest BCUT2D eigenvalue weighted by Crippen LogP contribution is 2.21. The Morgan fingerprint density at radius 3 is 2.71 bits per heavy atom. The van der Waals surface area contributed by atoms with E-state index in [1.807, 2.05) is 49.4 Å². The van der Waals surface area contributed by atoms with Gasteiger partial charge in [-0.05, 0) is 45.9 Å². The van der Waals surface area contributed by atoms with Crippen LogP contribution in [-0.4, -0.2) is 35.1 Å². The molecule has 1 unspecified atom stereocenters. The molecule has 0 aliphatic heterocycles.